The molecule has 11 nitrogen and oxygen atoms in total. The van der Waals surface area contributed by atoms with Crippen LogP contribution in [0.4, 0.5) is 16.2 Å². The summed E-state index contributed by atoms with van der Waals surface area (Å²) in [5.41, 5.74) is 3.83. The summed E-state index contributed by atoms with van der Waals surface area (Å²) in [6, 6.07) is 31.2. The number of benzene rings is 4. The SMILES string of the molecule is CC(C)(C)OC(=O)N[C@@H](C(=O)N1CCC[C@H]1C(=O)Nc1ccc(-c2ccc(NC(=O)[C@@H]3CCCN3C(=O)Cc3ccccc3)cc2)cc1)c1ccccc1. The van der Waals surface area contributed by atoms with E-state index in [0.29, 0.717) is 49.3 Å². The molecule has 0 spiro atoms. The second-order valence-corrected chi connectivity index (χ2v) is 14.7. The van der Waals surface area contributed by atoms with E-state index in [0.717, 1.165) is 23.1 Å². The lowest BCUT2D eigenvalue weighted by atomic mass is 10.0. The third kappa shape index (κ3) is 9.52. The van der Waals surface area contributed by atoms with Gasteiger partial charge in [-0.2, -0.15) is 0 Å². The summed E-state index contributed by atoms with van der Waals surface area (Å²) >= 11 is 0. The Balaban J connectivity index is 1.05. The standard InChI is InChI=1S/C43H47N5O6/c1-43(2,3)54-42(53)46-38(32-14-8-5-9-15-32)41(52)48-27-11-17-36(48)40(51)45-34-24-20-31(21-25-34)30-18-22-33(23-19-30)44-39(50)35-16-10-26-47(35)37(49)28-29-12-6-4-7-13-29/h4-9,12-15,18-25,35-36,38H,10-11,16-17,26-28H2,1-3H3,(H,44,50)(H,45,51)(H,46,53)/t35-,36-,38+/m0/s1. The molecule has 2 saturated heterocycles. The van der Waals surface area contributed by atoms with Crippen molar-refractivity contribution in [2.24, 2.45) is 0 Å². The highest BCUT2D eigenvalue weighted by atomic mass is 16.6. The maximum atomic E-state index is 13.9. The molecule has 3 atom stereocenters. The zero-order valence-electron chi connectivity index (χ0n) is 30.9. The van der Waals surface area contributed by atoms with E-state index >= 15 is 0 Å². The average Bonchev–Trinajstić information content (AvgIpc) is 3.86. The Morgan fingerprint density at radius 2 is 1.15 bits per heavy atom. The highest BCUT2D eigenvalue weighted by molar-refractivity contribution is 5.99. The molecule has 3 N–H and O–H groups in total. The highest BCUT2D eigenvalue weighted by Gasteiger charge is 2.39. The molecule has 0 aromatic heterocycles. The summed E-state index contributed by atoms with van der Waals surface area (Å²) in [4.78, 5) is 69.6. The number of carbonyl (C=O) groups excluding carboxylic acids is 5. The first-order valence-corrected chi connectivity index (χ1v) is 18.5. The number of rotatable bonds is 10. The van der Waals surface area contributed by atoms with Gasteiger partial charge >= 0.3 is 6.09 Å². The Labute approximate surface area is 316 Å². The number of likely N-dealkylation sites (tertiary alicyclic amines) is 2. The maximum Gasteiger partial charge on any atom is 0.408 e. The van der Waals surface area contributed by atoms with Gasteiger partial charge in [0.15, 0.2) is 0 Å². The first kappa shape index (κ1) is 37.8. The van der Waals surface area contributed by atoms with Gasteiger partial charge in [0.2, 0.25) is 17.7 Å². The van der Waals surface area contributed by atoms with Crippen LogP contribution in [0.3, 0.4) is 0 Å². The number of carbonyl (C=O) groups is 5. The van der Waals surface area contributed by atoms with Gasteiger partial charge in [0.1, 0.15) is 23.7 Å². The average molecular weight is 730 g/mol. The van der Waals surface area contributed by atoms with Crippen molar-refractivity contribution in [3.8, 4) is 11.1 Å². The quantitative estimate of drug-likeness (QED) is 0.166. The van der Waals surface area contributed by atoms with E-state index in [1.807, 2.05) is 84.9 Å². The Hall–Kier alpha value is -5.97. The van der Waals surface area contributed by atoms with Gasteiger partial charge in [0, 0.05) is 24.5 Å². The van der Waals surface area contributed by atoms with Gasteiger partial charge in [0.25, 0.3) is 5.91 Å². The summed E-state index contributed by atoms with van der Waals surface area (Å²) in [5.74, 6) is -0.927. The zero-order chi connectivity index (χ0) is 38.2. The summed E-state index contributed by atoms with van der Waals surface area (Å²) < 4.78 is 5.43. The number of nitrogens with zero attached hydrogens (tertiary/aromatic N) is 2. The second kappa shape index (κ2) is 16.8. The molecule has 2 aliphatic rings. The Morgan fingerprint density at radius 1 is 0.667 bits per heavy atom. The van der Waals surface area contributed by atoms with E-state index < -0.39 is 29.8 Å². The van der Waals surface area contributed by atoms with Crippen molar-refractivity contribution >= 4 is 41.1 Å². The lowest BCUT2D eigenvalue weighted by Gasteiger charge is -2.29. The predicted octanol–water partition coefficient (Wildman–Crippen LogP) is 6.72. The van der Waals surface area contributed by atoms with Crippen molar-refractivity contribution < 1.29 is 28.7 Å². The molecule has 5 amide bonds. The van der Waals surface area contributed by atoms with Crippen LogP contribution in [0, 0.1) is 0 Å². The third-order valence-corrected chi connectivity index (χ3v) is 9.59. The molecule has 0 aliphatic carbocycles. The highest BCUT2D eigenvalue weighted by Crippen LogP contribution is 2.28. The minimum Gasteiger partial charge on any atom is -0.444 e. The summed E-state index contributed by atoms with van der Waals surface area (Å²) in [6.45, 7) is 6.21. The van der Waals surface area contributed by atoms with Crippen LogP contribution in [0.1, 0.15) is 63.6 Å². The van der Waals surface area contributed by atoms with Crippen LogP contribution in [0.25, 0.3) is 11.1 Å². The smallest absolute Gasteiger partial charge is 0.408 e. The number of ether oxygens (including phenoxy) is 1. The van der Waals surface area contributed by atoms with E-state index in [2.05, 4.69) is 16.0 Å². The number of nitrogens with one attached hydrogen (secondary N) is 3. The molecule has 4 aromatic carbocycles. The van der Waals surface area contributed by atoms with Gasteiger partial charge in [-0.05, 0) is 93.0 Å². The molecule has 54 heavy (non-hydrogen) atoms. The van der Waals surface area contributed by atoms with Crippen LogP contribution in [-0.2, 0) is 30.3 Å². The van der Waals surface area contributed by atoms with Crippen LogP contribution in [0.2, 0.25) is 0 Å². The monoisotopic (exact) mass is 729 g/mol. The number of anilines is 2. The Bertz CT molecular complexity index is 1940. The van der Waals surface area contributed by atoms with Crippen molar-refractivity contribution in [1.29, 1.82) is 0 Å². The van der Waals surface area contributed by atoms with E-state index in [4.69, 9.17) is 4.74 Å². The van der Waals surface area contributed by atoms with Crippen molar-refractivity contribution in [2.75, 3.05) is 23.7 Å². The molecule has 2 fully saturated rings. The number of hydrogen-bond acceptors (Lipinski definition) is 6. The maximum absolute atomic E-state index is 13.9. The molecular formula is C43H47N5O6. The fourth-order valence-electron chi connectivity index (χ4n) is 6.98. The van der Waals surface area contributed by atoms with Crippen molar-refractivity contribution in [1.82, 2.24) is 15.1 Å². The molecular weight excluding hydrogens is 683 g/mol. The fourth-order valence-corrected chi connectivity index (χ4v) is 6.98. The first-order chi connectivity index (χ1) is 25.9. The molecule has 0 radical (unpaired) electrons. The Kier molecular flexibility index (Phi) is 11.7. The van der Waals surface area contributed by atoms with Gasteiger partial charge in [0.05, 0.1) is 6.42 Å². The molecule has 6 rings (SSSR count). The molecule has 0 saturated carbocycles. The van der Waals surface area contributed by atoms with E-state index in [1.165, 1.54) is 4.90 Å². The van der Waals surface area contributed by atoms with Gasteiger partial charge in [-0.15, -0.1) is 0 Å². The molecule has 2 heterocycles. The molecule has 11 heteroatoms. The molecule has 0 bridgehead atoms. The number of alkyl carbamates (subject to hydrolysis) is 1. The predicted molar refractivity (Wildman–Crippen MR) is 207 cm³/mol. The van der Waals surface area contributed by atoms with E-state index in [-0.39, 0.29) is 30.0 Å². The topological polar surface area (TPSA) is 137 Å². The summed E-state index contributed by atoms with van der Waals surface area (Å²) in [5, 5.41) is 8.66. The van der Waals surface area contributed by atoms with Gasteiger partial charge < -0.3 is 30.5 Å². The van der Waals surface area contributed by atoms with Crippen molar-refractivity contribution in [2.45, 2.75) is 76.6 Å². The lowest BCUT2D eigenvalue weighted by molar-refractivity contribution is -0.138. The van der Waals surface area contributed by atoms with E-state index in [1.54, 1.807) is 49.9 Å². The third-order valence-electron chi connectivity index (χ3n) is 9.59. The van der Waals surface area contributed by atoms with Crippen LogP contribution in [-0.4, -0.2) is 70.3 Å². The van der Waals surface area contributed by atoms with Crippen LogP contribution in [0.15, 0.2) is 109 Å². The second-order valence-electron chi connectivity index (χ2n) is 14.7. The van der Waals surface area contributed by atoms with Crippen LogP contribution >= 0.6 is 0 Å². The van der Waals surface area contributed by atoms with Crippen molar-refractivity contribution in [3.05, 3.63) is 120 Å². The summed E-state index contributed by atoms with van der Waals surface area (Å²) in [7, 11) is 0. The van der Waals surface area contributed by atoms with Gasteiger partial charge in [-0.25, -0.2) is 4.79 Å². The van der Waals surface area contributed by atoms with Gasteiger partial charge in [-0.3, -0.25) is 19.2 Å². The fraction of sp³-hybridized carbons (Fsp3) is 0.326. The van der Waals surface area contributed by atoms with E-state index in [9.17, 15) is 24.0 Å². The Morgan fingerprint density at radius 3 is 1.67 bits per heavy atom. The number of hydrogen-bond donors (Lipinski definition) is 3. The van der Waals surface area contributed by atoms with Crippen molar-refractivity contribution in [3.63, 3.8) is 0 Å². The zero-order valence-corrected chi connectivity index (χ0v) is 30.9. The van der Waals surface area contributed by atoms with Gasteiger partial charge in [-0.1, -0.05) is 84.9 Å². The molecule has 4 aromatic rings. The minimum absolute atomic E-state index is 0.0489. The molecule has 0 unspecified atom stereocenters. The molecule has 2 aliphatic heterocycles. The first-order valence-electron chi connectivity index (χ1n) is 18.5. The molecule has 280 valence electrons. The normalized spacial score (nSPS) is 17.4. The lowest BCUT2D eigenvalue weighted by Crippen LogP contribution is -2.49. The largest absolute Gasteiger partial charge is 0.444 e. The minimum atomic E-state index is -1.01. The van der Waals surface area contributed by atoms with Crippen LogP contribution < -0.4 is 16.0 Å². The van der Waals surface area contributed by atoms with Crippen LogP contribution in [0.5, 0.6) is 0 Å². The number of amides is 5. The summed E-state index contributed by atoms with van der Waals surface area (Å²) in [6.07, 6.45) is 2.11.